The largest absolute Gasteiger partial charge is 0.381 e. The van der Waals surface area contributed by atoms with Crippen LogP contribution in [0.15, 0.2) is 30.3 Å². The molecule has 0 amide bonds. The van der Waals surface area contributed by atoms with Gasteiger partial charge in [-0.15, -0.1) is 0 Å². The molecular weight excluding hydrogens is 368 g/mol. The van der Waals surface area contributed by atoms with Crippen molar-refractivity contribution in [3.63, 3.8) is 0 Å². The third kappa shape index (κ3) is 4.08. The Labute approximate surface area is 171 Å². The predicted octanol–water partition coefficient (Wildman–Crippen LogP) is 2.70. The van der Waals surface area contributed by atoms with E-state index in [9.17, 15) is 0 Å². The van der Waals surface area contributed by atoms with Crippen molar-refractivity contribution in [2.24, 2.45) is 0 Å². The first-order valence-corrected chi connectivity index (χ1v) is 10.6. The number of nitrogens with zero attached hydrogens (tertiary/aromatic N) is 4. The van der Waals surface area contributed by atoms with Crippen LogP contribution in [0.1, 0.15) is 24.1 Å². The van der Waals surface area contributed by atoms with Crippen LogP contribution in [0.2, 0.25) is 0 Å². The first-order chi connectivity index (χ1) is 14.4. The Morgan fingerprint density at radius 1 is 0.931 bits per heavy atom. The van der Waals surface area contributed by atoms with Gasteiger partial charge in [-0.05, 0) is 31.4 Å². The van der Waals surface area contributed by atoms with E-state index in [0.717, 1.165) is 82.8 Å². The van der Waals surface area contributed by atoms with E-state index in [2.05, 4.69) is 34.1 Å². The fraction of sp³-hybridized carbons (Fsp3) is 0.545. The number of ether oxygens (including phenoxy) is 3. The van der Waals surface area contributed by atoms with Gasteiger partial charge in [-0.1, -0.05) is 18.2 Å². The molecule has 0 N–H and O–H groups in total. The van der Waals surface area contributed by atoms with Gasteiger partial charge in [0.1, 0.15) is 5.82 Å². The SMILES string of the molecule is c1ccc(N2CCc3c(COC4CCOCC4)nc(N4CCOCC4)nc32)cc1. The molecule has 3 aliphatic heterocycles. The first-order valence-electron chi connectivity index (χ1n) is 10.6. The lowest BCUT2D eigenvalue weighted by Gasteiger charge is -2.29. The van der Waals surface area contributed by atoms with Gasteiger partial charge in [-0.25, -0.2) is 4.98 Å². The van der Waals surface area contributed by atoms with Crippen LogP contribution in [0, 0.1) is 0 Å². The van der Waals surface area contributed by atoms with Crippen molar-refractivity contribution < 1.29 is 14.2 Å². The fourth-order valence-electron chi connectivity index (χ4n) is 4.24. The highest BCUT2D eigenvalue weighted by atomic mass is 16.5. The van der Waals surface area contributed by atoms with Crippen LogP contribution < -0.4 is 9.80 Å². The molecule has 29 heavy (non-hydrogen) atoms. The third-order valence-electron chi connectivity index (χ3n) is 5.89. The lowest BCUT2D eigenvalue weighted by Crippen LogP contribution is -2.37. The van der Waals surface area contributed by atoms with Crippen molar-refractivity contribution in [1.29, 1.82) is 0 Å². The number of para-hydroxylation sites is 1. The molecule has 1 aromatic carbocycles. The van der Waals surface area contributed by atoms with Gasteiger partial charge in [0.15, 0.2) is 0 Å². The lowest BCUT2D eigenvalue weighted by molar-refractivity contribution is -0.0401. The smallest absolute Gasteiger partial charge is 0.227 e. The van der Waals surface area contributed by atoms with Crippen LogP contribution in [0.5, 0.6) is 0 Å². The van der Waals surface area contributed by atoms with Crippen LogP contribution in [0.25, 0.3) is 0 Å². The number of aromatic nitrogens is 2. The van der Waals surface area contributed by atoms with Crippen molar-refractivity contribution in [1.82, 2.24) is 9.97 Å². The minimum absolute atomic E-state index is 0.257. The molecule has 0 atom stereocenters. The topological polar surface area (TPSA) is 60.0 Å². The van der Waals surface area contributed by atoms with Crippen LogP contribution >= 0.6 is 0 Å². The Kier molecular flexibility index (Phi) is 5.60. The number of hydrogen-bond acceptors (Lipinski definition) is 7. The molecule has 154 valence electrons. The standard InChI is InChI=1S/C22H28N4O3/c1-2-4-17(5-3-1)26-9-6-19-20(16-29-18-7-12-27-13-8-18)23-22(24-21(19)26)25-10-14-28-15-11-25/h1-5,18H,6-16H2. The summed E-state index contributed by atoms with van der Waals surface area (Å²) in [5, 5.41) is 0. The fourth-order valence-corrected chi connectivity index (χ4v) is 4.24. The van der Waals surface area contributed by atoms with Crippen molar-refractivity contribution in [2.75, 3.05) is 55.9 Å². The van der Waals surface area contributed by atoms with Crippen LogP contribution in [-0.4, -0.2) is 62.1 Å². The van der Waals surface area contributed by atoms with Crippen LogP contribution in [-0.2, 0) is 27.2 Å². The zero-order chi connectivity index (χ0) is 19.5. The van der Waals surface area contributed by atoms with E-state index < -0.39 is 0 Å². The molecule has 4 heterocycles. The van der Waals surface area contributed by atoms with E-state index in [4.69, 9.17) is 24.2 Å². The van der Waals surface area contributed by atoms with Gasteiger partial charge in [0.05, 0.1) is 31.6 Å². The van der Waals surface area contributed by atoms with Gasteiger partial charge in [0, 0.05) is 44.1 Å². The zero-order valence-electron chi connectivity index (χ0n) is 16.8. The molecule has 0 aliphatic carbocycles. The van der Waals surface area contributed by atoms with Gasteiger partial charge < -0.3 is 24.0 Å². The highest BCUT2D eigenvalue weighted by Gasteiger charge is 2.29. The Balaban J connectivity index is 1.45. The molecule has 0 bridgehead atoms. The number of hydrogen-bond donors (Lipinski definition) is 0. The van der Waals surface area contributed by atoms with Gasteiger partial charge in [-0.3, -0.25) is 0 Å². The van der Waals surface area contributed by atoms with Crippen LogP contribution in [0.4, 0.5) is 17.5 Å². The van der Waals surface area contributed by atoms with E-state index in [1.807, 2.05) is 6.07 Å². The molecule has 0 spiro atoms. The summed E-state index contributed by atoms with van der Waals surface area (Å²) in [4.78, 5) is 14.5. The maximum atomic E-state index is 6.25. The van der Waals surface area contributed by atoms with E-state index in [-0.39, 0.29) is 6.10 Å². The third-order valence-corrected chi connectivity index (χ3v) is 5.89. The normalized spacial score (nSPS) is 20.1. The Morgan fingerprint density at radius 2 is 1.69 bits per heavy atom. The zero-order valence-corrected chi connectivity index (χ0v) is 16.8. The number of rotatable bonds is 5. The Bertz CT molecular complexity index is 820. The molecule has 0 saturated carbocycles. The minimum Gasteiger partial charge on any atom is -0.381 e. The number of benzene rings is 1. The number of fused-ring (bicyclic) bond motifs is 1. The van der Waals surface area contributed by atoms with Crippen molar-refractivity contribution in [2.45, 2.75) is 32.0 Å². The molecule has 7 nitrogen and oxygen atoms in total. The monoisotopic (exact) mass is 396 g/mol. The summed E-state index contributed by atoms with van der Waals surface area (Å²) in [6.45, 7) is 6.11. The van der Waals surface area contributed by atoms with Gasteiger partial charge >= 0.3 is 0 Å². The quantitative estimate of drug-likeness (QED) is 0.770. The van der Waals surface area contributed by atoms with Crippen molar-refractivity contribution in [3.05, 3.63) is 41.6 Å². The van der Waals surface area contributed by atoms with E-state index in [0.29, 0.717) is 6.61 Å². The van der Waals surface area contributed by atoms with E-state index >= 15 is 0 Å². The molecule has 5 rings (SSSR count). The van der Waals surface area contributed by atoms with Crippen LogP contribution in [0.3, 0.4) is 0 Å². The molecule has 2 aromatic rings. The van der Waals surface area contributed by atoms with Gasteiger partial charge in [0.2, 0.25) is 5.95 Å². The van der Waals surface area contributed by atoms with E-state index in [1.165, 1.54) is 11.3 Å². The van der Waals surface area contributed by atoms with Crippen molar-refractivity contribution in [3.8, 4) is 0 Å². The Hall–Kier alpha value is -2.22. The number of morpholine rings is 1. The second-order valence-corrected chi connectivity index (χ2v) is 7.73. The minimum atomic E-state index is 0.257. The predicted molar refractivity (Wildman–Crippen MR) is 111 cm³/mol. The van der Waals surface area contributed by atoms with Crippen molar-refractivity contribution >= 4 is 17.5 Å². The summed E-state index contributed by atoms with van der Waals surface area (Å²) < 4.78 is 17.2. The summed E-state index contributed by atoms with van der Waals surface area (Å²) in [7, 11) is 0. The molecule has 0 radical (unpaired) electrons. The molecule has 2 saturated heterocycles. The second-order valence-electron chi connectivity index (χ2n) is 7.73. The average molecular weight is 396 g/mol. The van der Waals surface area contributed by atoms with Gasteiger partial charge in [0.25, 0.3) is 0 Å². The lowest BCUT2D eigenvalue weighted by atomic mass is 10.1. The molecular formula is C22H28N4O3. The van der Waals surface area contributed by atoms with Gasteiger partial charge in [-0.2, -0.15) is 4.98 Å². The summed E-state index contributed by atoms with van der Waals surface area (Å²) in [5.74, 6) is 1.82. The van der Waals surface area contributed by atoms with E-state index in [1.54, 1.807) is 0 Å². The molecule has 0 unspecified atom stereocenters. The number of anilines is 3. The summed E-state index contributed by atoms with van der Waals surface area (Å²) in [5.41, 5.74) is 3.42. The first kappa shape index (κ1) is 18.8. The second kappa shape index (κ2) is 8.65. The molecule has 1 aromatic heterocycles. The summed E-state index contributed by atoms with van der Waals surface area (Å²) in [6.07, 6.45) is 3.12. The molecule has 7 heteroatoms. The molecule has 3 aliphatic rings. The summed E-state index contributed by atoms with van der Waals surface area (Å²) >= 11 is 0. The Morgan fingerprint density at radius 3 is 2.48 bits per heavy atom. The average Bonchev–Trinajstić information content (AvgIpc) is 3.23. The molecule has 2 fully saturated rings. The summed E-state index contributed by atoms with van der Waals surface area (Å²) in [6, 6.07) is 10.5. The maximum absolute atomic E-state index is 6.25. The highest BCUT2D eigenvalue weighted by molar-refractivity contribution is 5.68. The maximum Gasteiger partial charge on any atom is 0.227 e. The highest BCUT2D eigenvalue weighted by Crippen LogP contribution is 2.36.